The highest BCUT2D eigenvalue weighted by molar-refractivity contribution is 7.47. The Kier molecular flexibility index (Phi) is 71.2. The number of esters is 4. The Hall–Kier alpha value is -1.94. The zero-order valence-corrected chi connectivity index (χ0v) is 67.3. The molecule has 0 saturated heterocycles. The Morgan fingerprint density at radius 1 is 0.270 bits per heavy atom. The van der Waals surface area contributed by atoms with E-state index in [9.17, 15) is 43.2 Å². The average Bonchev–Trinajstić information content (AvgIpc) is 0.926. The molecule has 0 amide bonds. The zero-order chi connectivity index (χ0) is 73.5. The highest BCUT2D eigenvalue weighted by atomic mass is 31.2. The van der Waals surface area contributed by atoms with Crippen molar-refractivity contribution in [3.8, 4) is 0 Å². The first-order chi connectivity index (χ1) is 48.4. The second-order valence-corrected chi connectivity index (χ2v) is 33.0. The molecule has 100 heavy (non-hydrogen) atoms. The zero-order valence-electron chi connectivity index (χ0n) is 65.5. The third-order valence-corrected chi connectivity index (χ3v) is 20.9. The van der Waals surface area contributed by atoms with Crippen LogP contribution in [0.25, 0.3) is 0 Å². The van der Waals surface area contributed by atoms with Crippen molar-refractivity contribution in [3.63, 3.8) is 0 Å². The van der Waals surface area contributed by atoms with Gasteiger partial charge < -0.3 is 33.8 Å². The fourth-order valence-electron chi connectivity index (χ4n) is 12.5. The van der Waals surface area contributed by atoms with Crippen LogP contribution in [0.15, 0.2) is 0 Å². The van der Waals surface area contributed by atoms with E-state index in [-0.39, 0.29) is 25.7 Å². The monoisotopic (exact) mass is 1470 g/mol. The molecular weight excluding hydrogens is 1310 g/mol. The van der Waals surface area contributed by atoms with Gasteiger partial charge in [0.15, 0.2) is 12.2 Å². The largest absolute Gasteiger partial charge is 0.472 e. The number of aliphatic hydroxyl groups is 1. The quantitative estimate of drug-likeness (QED) is 0.0222. The molecule has 0 aliphatic heterocycles. The lowest BCUT2D eigenvalue weighted by Gasteiger charge is -2.21. The van der Waals surface area contributed by atoms with Gasteiger partial charge in [-0.1, -0.05) is 375 Å². The fraction of sp³-hybridized carbons (Fsp3) is 0.951. The first kappa shape index (κ1) is 98.1. The molecule has 0 bridgehead atoms. The first-order valence-electron chi connectivity index (χ1n) is 42.0. The van der Waals surface area contributed by atoms with Crippen molar-refractivity contribution in [2.24, 2.45) is 11.8 Å². The number of aliphatic hydroxyl groups excluding tert-OH is 1. The molecule has 3 N–H and O–H groups in total. The second-order valence-electron chi connectivity index (χ2n) is 30.1. The van der Waals surface area contributed by atoms with Gasteiger partial charge in [0.25, 0.3) is 0 Å². The molecule has 0 aliphatic carbocycles. The van der Waals surface area contributed by atoms with Crippen LogP contribution in [0.3, 0.4) is 0 Å². The average molecular weight is 1470 g/mol. The molecule has 0 saturated carbocycles. The van der Waals surface area contributed by atoms with E-state index in [1.54, 1.807) is 0 Å². The Morgan fingerprint density at radius 2 is 0.460 bits per heavy atom. The highest BCUT2D eigenvalue weighted by Gasteiger charge is 2.30. The van der Waals surface area contributed by atoms with E-state index in [1.165, 1.54) is 238 Å². The van der Waals surface area contributed by atoms with Gasteiger partial charge in [-0.3, -0.25) is 37.3 Å². The van der Waals surface area contributed by atoms with Crippen molar-refractivity contribution in [1.82, 2.24) is 0 Å². The summed E-state index contributed by atoms with van der Waals surface area (Å²) >= 11 is 0. The van der Waals surface area contributed by atoms with Crippen LogP contribution >= 0.6 is 15.6 Å². The number of ether oxygens (including phenoxy) is 4. The molecular formula is C81H158O17P2. The minimum absolute atomic E-state index is 0.108. The maximum atomic E-state index is 13.1. The molecule has 0 aromatic rings. The Bertz CT molecular complexity index is 1920. The van der Waals surface area contributed by atoms with Gasteiger partial charge >= 0.3 is 39.5 Å². The Labute approximate surface area is 613 Å². The molecule has 5 atom stereocenters. The minimum Gasteiger partial charge on any atom is -0.462 e. The van der Waals surface area contributed by atoms with Gasteiger partial charge in [-0.15, -0.1) is 0 Å². The molecule has 594 valence electrons. The van der Waals surface area contributed by atoms with Crippen molar-refractivity contribution >= 4 is 39.5 Å². The van der Waals surface area contributed by atoms with Crippen molar-refractivity contribution in [2.75, 3.05) is 39.6 Å². The van der Waals surface area contributed by atoms with Crippen molar-refractivity contribution in [1.29, 1.82) is 0 Å². The number of rotatable bonds is 80. The second kappa shape index (κ2) is 72.6. The Morgan fingerprint density at radius 3 is 0.680 bits per heavy atom. The molecule has 19 heteroatoms. The summed E-state index contributed by atoms with van der Waals surface area (Å²) in [5.74, 6) is -0.635. The van der Waals surface area contributed by atoms with E-state index in [0.29, 0.717) is 31.6 Å². The smallest absolute Gasteiger partial charge is 0.462 e. The van der Waals surface area contributed by atoms with Crippen LogP contribution in [-0.4, -0.2) is 96.7 Å². The third-order valence-electron chi connectivity index (χ3n) is 19.0. The van der Waals surface area contributed by atoms with Crippen LogP contribution in [-0.2, 0) is 65.4 Å². The summed E-state index contributed by atoms with van der Waals surface area (Å²) in [5.41, 5.74) is 0. The normalized spacial score (nSPS) is 13.9. The lowest BCUT2D eigenvalue weighted by atomic mass is 10.0. The third kappa shape index (κ3) is 74.3. The summed E-state index contributed by atoms with van der Waals surface area (Å²) in [6.45, 7) is 9.58. The van der Waals surface area contributed by atoms with Gasteiger partial charge in [-0.05, 0) is 37.5 Å². The first-order valence-corrected chi connectivity index (χ1v) is 45.0. The van der Waals surface area contributed by atoms with E-state index in [4.69, 9.17) is 37.0 Å². The van der Waals surface area contributed by atoms with Crippen LogP contribution in [0.4, 0.5) is 0 Å². The maximum Gasteiger partial charge on any atom is 0.472 e. The molecule has 0 aromatic carbocycles. The summed E-state index contributed by atoms with van der Waals surface area (Å²) in [7, 11) is -9.92. The van der Waals surface area contributed by atoms with Crippen molar-refractivity contribution < 1.29 is 80.2 Å². The molecule has 0 aliphatic rings. The van der Waals surface area contributed by atoms with Crippen LogP contribution < -0.4 is 0 Å². The number of carbonyl (C=O) groups excluding carboxylic acids is 4. The lowest BCUT2D eigenvalue weighted by Crippen LogP contribution is -2.30. The van der Waals surface area contributed by atoms with Crippen LogP contribution in [0.1, 0.15) is 427 Å². The molecule has 17 nitrogen and oxygen atoms in total. The number of hydrogen-bond acceptors (Lipinski definition) is 15. The summed E-state index contributed by atoms with van der Waals surface area (Å²) < 4.78 is 68.7. The number of hydrogen-bond donors (Lipinski definition) is 3. The van der Waals surface area contributed by atoms with E-state index in [1.807, 2.05) is 0 Å². The summed E-state index contributed by atoms with van der Waals surface area (Å²) in [4.78, 5) is 73.0. The van der Waals surface area contributed by atoms with Gasteiger partial charge in [0.2, 0.25) is 0 Å². The summed E-state index contributed by atoms with van der Waals surface area (Å²) in [6, 6.07) is 0. The predicted octanol–water partition coefficient (Wildman–Crippen LogP) is 24.3. The van der Waals surface area contributed by atoms with Crippen molar-refractivity contribution in [2.45, 2.75) is 445 Å². The van der Waals surface area contributed by atoms with E-state index in [0.717, 1.165) is 102 Å². The van der Waals surface area contributed by atoms with Gasteiger partial charge in [-0.25, -0.2) is 9.13 Å². The predicted molar refractivity (Wildman–Crippen MR) is 409 cm³/mol. The number of unbranched alkanes of at least 4 members (excludes halogenated alkanes) is 50. The van der Waals surface area contributed by atoms with Crippen LogP contribution in [0.5, 0.6) is 0 Å². The lowest BCUT2D eigenvalue weighted by molar-refractivity contribution is -0.161. The molecule has 0 heterocycles. The Balaban J connectivity index is 5.22. The molecule has 0 radical (unpaired) electrons. The van der Waals surface area contributed by atoms with Gasteiger partial charge in [0.1, 0.15) is 19.3 Å². The maximum absolute atomic E-state index is 13.1. The minimum atomic E-state index is -4.96. The van der Waals surface area contributed by atoms with Gasteiger partial charge in [0.05, 0.1) is 26.4 Å². The van der Waals surface area contributed by atoms with E-state index < -0.39 is 97.5 Å². The van der Waals surface area contributed by atoms with E-state index >= 15 is 0 Å². The summed E-state index contributed by atoms with van der Waals surface area (Å²) in [6.07, 6.45) is 62.6. The van der Waals surface area contributed by atoms with Crippen molar-refractivity contribution in [3.05, 3.63) is 0 Å². The van der Waals surface area contributed by atoms with Gasteiger partial charge in [0, 0.05) is 25.7 Å². The van der Waals surface area contributed by atoms with E-state index in [2.05, 4.69) is 41.5 Å². The molecule has 0 spiro atoms. The van der Waals surface area contributed by atoms with Crippen LogP contribution in [0, 0.1) is 11.8 Å². The molecule has 0 rings (SSSR count). The van der Waals surface area contributed by atoms with Crippen LogP contribution in [0.2, 0.25) is 0 Å². The van der Waals surface area contributed by atoms with Gasteiger partial charge in [-0.2, -0.15) is 0 Å². The number of carbonyl (C=O) groups is 4. The summed E-state index contributed by atoms with van der Waals surface area (Å²) in [5, 5.41) is 10.6. The SMILES string of the molecule is CCCCCCCCCCCCCCCCCCCC(=O)OC[C@H](COP(=O)(O)OC[C@@H](O)COP(=O)(O)OC[C@@H](COC(=O)CCCCCCCCC(C)C)OC(=O)CCCCCCCCCCCCCCCCCCC)OC(=O)CCCCCCCCCCCCCCCCC(C)C. The molecule has 0 fully saturated rings. The fourth-order valence-corrected chi connectivity index (χ4v) is 14.1. The number of phosphoric acid groups is 2. The molecule has 2 unspecified atom stereocenters. The molecule has 0 aromatic heterocycles. The number of phosphoric ester groups is 2. The topological polar surface area (TPSA) is 237 Å². The highest BCUT2D eigenvalue weighted by Crippen LogP contribution is 2.45. The standard InChI is InChI=1S/C81H158O17P2/c1-7-9-11-13-15-17-19-21-23-25-27-32-36-40-44-51-57-63-78(83)91-69-76(97-80(85)65-60-54-46-42-38-34-30-29-31-35-39-43-49-55-61-73(3)4)71-95-99(87,88)93-67-75(82)68-94-100(89,90)96-72-77(70-92-79(84)64-58-52-48-47-50-56-62-74(5)6)98-81(86)66-59-53-45-41-37-33-28-26-24-22-20-18-16-14-12-10-8-2/h73-77,82H,7-72H2,1-6H3,(H,87,88)(H,89,90)/t75-,76-,77-/m1/s1.